The number of aliphatic carboxylic acids is 3. The fraction of sp³-hybridized carbons (Fsp3) is 0.562. The Hall–Kier alpha value is -8.14. The monoisotopic (exact) mass is 1430 g/mol. The van der Waals surface area contributed by atoms with Crippen LogP contribution in [0.2, 0.25) is 0 Å². The molecule has 1 aromatic heterocycles. The average molecular weight is 1440 g/mol. The molecule has 552 valence electrons. The zero-order valence-corrected chi connectivity index (χ0v) is 56.2. The van der Waals surface area contributed by atoms with Crippen LogP contribution in [-0.4, -0.2) is 305 Å². The van der Waals surface area contributed by atoms with Gasteiger partial charge in [0, 0.05) is 89.0 Å². The van der Waals surface area contributed by atoms with Gasteiger partial charge in [0.25, 0.3) is 17.7 Å². The number of carboxylic acid groups (broad SMARTS) is 3. The number of aromatic nitrogens is 1. The molecule has 100 heavy (non-hydrogen) atoms. The number of likely N-dealkylation sites (tertiary alicyclic amines) is 1. The number of carboxylic acids is 3. The number of nitrogens with one attached hydrogen (secondary N) is 6. The number of carbonyl (C=O) groups excluding carboxylic acids is 6. The number of carbonyl (C=O) groups is 9. The lowest BCUT2D eigenvalue weighted by Crippen LogP contribution is -2.50. The second kappa shape index (κ2) is 42.8. The van der Waals surface area contributed by atoms with Crippen molar-refractivity contribution in [3.8, 4) is 0 Å². The molecule has 4 aromatic rings. The Kier molecular flexibility index (Phi) is 34.6. The maximum absolute atomic E-state index is 14.2. The van der Waals surface area contributed by atoms with Gasteiger partial charge in [0.15, 0.2) is 6.23 Å². The highest BCUT2D eigenvalue weighted by molar-refractivity contribution is 7.82. The van der Waals surface area contributed by atoms with E-state index in [-0.39, 0.29) is 145 Å². The molecule has 32 nitrogen and oxygen atoms in total. The summed E-state index contributed by atoms with van der Waals surface area (Å²) in [5, 5.41) is 43.6. The van der Waals surface area contributed by atoms with Gasteiger partial charge in [-0.05, 0) is 48.2 Å². The molecule has 2 aliphatic rings. The smallest absolute Gasteiger partial charge is 0.328 e. The summed E-state index contributed by atoms with van der Waals surface area (Å²) < 4.78 is 97.5. The molecule has 3 unspecified atom stereocenters. The minimum absolute atomic E-state index is 0.00751. The Labute approximate surface area is 576 Å². The van der Waals surface area contributed by atoms with Gasteiger partial charge in [-0.2, -0.15) is 4.21 Å². The molecule has 0 radical (unpaired) electrons. The van der Waals surface area contributed by atoms with Crippen LogP contribution in [0.5, 0.6) is 0 Å². The number of pyridine rings is 1. The van der Waals surface area contributed by atoms with Crippen molar-refractivity contribution in [2.24, 2.45) is 0 Å². The van der Waals surface area contributed by atoms with Gasteiger partial charge in [0.05, 0.1) is 142 Å². The molecule has 3 heterocycles. The van der Waals surface area contributed by atoms with Gasteiger partial charge >= 0.3 is 28.3 Å². The van der Waals surface area contributed by atoms with E-state index in [1.807, 2.05) is 23.1 Å². The molecule has 3 atom stereocenters. The fourth-order valence-corrected chi connectivity index (χ4v) is 11.2. The van der Waals surface area contributed by atoms with E-state index in [0.717, 1.165) is 5.39 Å². The van der Waals surface area contributed by atoms with Gasteiger partial charge in [-0.1, -0.05) is 52.4 Å². The van der Waals surface area contributed by atoms with E-state index in [4.69, 9.17) is 33.2 Å². The van der Waals surface area contributed by atoms with Crippen molar-refractivity contribution < 1.29 is 108 Å². The third kappa shape index (κ3) is 30.4. The number of amides is 6. The van der Waals surface area contributed by atoms with E-state index in [0.29, 0.717) is 101 Å². The number of hydrogen-bond acceptors (Lipinski definition) is 23. The Bertz CT molecular complexity index is 3420. The van der Waals surface area contributed by atoms with Crippen molar-refractivity contribution in [2.75, 3.05) is 189 Å². The van der Waals surface area contributed by atoms with Crippen molar-refractivity contribution in [2.45, 2.75) is 50.3 Å². The summed E-state index contributed by atoms with van der Waals surface area (Å²) in [6.07, 6.45) is -0.919. The SMILES string of the molecule is N=S(=O)(F)OC1CC(F)(F)CN1C(=O)CNC(=O)c1ccnc2c(NC(=O)C(CCCCNC(=O)CCOCCOCCOCCOCCOCCOCCNC(=O)CN3CCN(CC(=O)O)CCN(CC(=O)O)CCN(CC(=O)O)CC3)NC(=O)c3cccc4ccccc34)cccc12. The first-order chi connectivity index (χ1) is 47.9. The molecule has 0 bridgehead atoms. The second-order valence-electron chi connectivity index (χ2n) is 23.3. The molecule has 2 saturated heterocycles. The van der Waals surface area contributed by atoms with Gasteiger partial charge in [-0.25, -0.2) is 17.7 Å². The van der Waals surface area contributed by atoms with Crippen molar-refractivity contribution in [3.63, 3.8) is 0 Å². The number of rotatable bonds is 43. The number of fused-ring (bicyclic) bond motifs is 2. The van der Waals surface area contributed by atoms with Gasteiger partial charge < -0.3 is 75.2 Å². The van der Waals surface area contributed by atoms with Crippen LogP contribution >= 0.6 is 0 Å². The van der Waals surface area contributed by atoms with E-state index in [9.17, 15) is 75.3 Å². The van der Waals surface area contributed by atoms with E-state index < -0.39 is 89.6 Å². The van der Waals surface area contributed by atoms with Gasteiger partial charge in [0.1, 0.15) is 6.04 Å². The van der Waals surface area contributed by atoms with Crippen molar-refractivity contribution in [3.05, 3.63) is 84.1 Å². The quantitative estimate of drug-likeness (QED) is 0.0223. The van der Waals surface area contributed by atoms with E-state index in [2.05, 4.69) is 35.8 Å². The summed E-state index contributed by atoms with van der Waals surface area (Å²) in [5.41, 5.74) is 0.604. The minimum atomic E-state index is -5.21. The third-order valence-electron chi connectivity index (χ3n) is 15.6. The molecule has 0 saturated carbocycles. The number of halogens is 3. The van der Waals surface area contributed by atoms with E-state index >= 15 is 0 Å². The summed E-state index contributed by atoms with van der Waals surface area (Å²) in [6.45, 7) is 3.36. The number of hydrogen-bond donors (Lipinski definition) is 9. The molecule has 9 N–H and O–H groups in total. The fourth-order valence-electron chi connectivity index (χ4n) is 10.7. The van der Waals surface area contributed by atoms with Crippen molar-refractivity contribution in [1.82, 2.24) is 50.8 Å². The first kappa shape index (κ1) is 80.8. The third-order valence-corrected chi connectivity index (χ3v) is 16.1. The minimum Gasteiger partial charge on any atom is -0.480 e. The zero-order chi connectivity index (χ0) is 72.3. The first-order valence-electron chi connectivity index (χ1n) is 32.6. The molecule has 6 rings (SSSR count). The predicted molar refractivity (Wildman–Crippen MR) is 354 cm³/mol. The second-order valence-corrected chi connectivity index (χ2v) is 24.3. The van der Waals surface area contributed by atoms with Crippen LogP contribution in [0, 0.1) is 4.78 Å². The van der Waals surface area contributed by atoms with Crippen LogP contribution in [0.15, 0.2) is 72.9 Å². The number of anilines is 1. The summed E-state index contributed by atoms with van der Waals surface area (Å²) in [6, 6.07) is 17.2. The number of unbranched alkanes of at least 4 members (excludes halogenated alkanes) is 1. The van der Waals surface area contributed by atoms with Crippen molar-refractivity contribution >= 4 is 91.1 Å². The number of alkyl halides is 2. The Morgan fingerprint density at radius 3 is 1.63 bits per heavy atom. The lowest BCUT2D eigenvalue weighted by Gasteiger charge is -2.32. The molecule has 3 aromatic carbocycles. The van der Waals surface area contributed by atoms with Gasteiger partial charge in [-0.3, -0.25) is 67.7 Å². The van der Waals surface area contributed by atoms with Crippen LogP contribution in [0.25, 0.3) is 21.7 Å². The first-order valence-corrected chi connectivity index (χ1v) is 34.0. The number of benzene rings is 3. The van der Waals surface area contributed by atoms with Crippen LogP contribution in [0.3, 0.4) is 0 Å². The Morgan fingerprint density at radius 2 is 1.07 bits per heavy atom. The molecule has 0 aliphatic carbocycles. The van der Waals surface area contributed by atoms with Crippen LogP contribution in [0.1, 0.15) is 52.8 Å². The maximum atomic E-state index is 14.2. The van der Waals surface area contributed by atoms with Gasteiger partial charge in [-0.15, -0.1) is 0 Å². The molecule has 0 spiro atoms. The van der Waals surface area contributed by atoms with Gasteiger partial charge in [0.2, 0.25) is 23.6 Å². The molecule has 2 aliphatic heterocycles. The largest absolute Gasteiger partial charge is 0.480 e. The standard InChI is InChI=1S/C64H89F3N12O20S/c65-64(66)39-56(99-100(67,68)92)79(45-64)55(82)40-72-61(89)50-14-17-71-60-48(50)10-6-13-51(60)73-63(91)52(74-62(90)49-11-5-8-46-7-1-2-9-47(46)49)12-3-4-16-69-53(80)15-27-93-29-31-95-33-35-97-37-38-98-36-34-96-32-30-94-28-18-70-54(81)41-75-19-21-76(42-57(83)84)23-25-78(44-59(87)88)26-24-77(22-20-75)43-58(85)86/h1-2,5-11,13-14,17,52,56,68H,3-4,12,15-16,18-45H2,(H,69,80)(H,70,81)(H,72,89)(H,73,91)(H,74,90)(H,83,84)(H,85,86)(H,87,88). The Balaban J connectivity index is 0.796. The molecule has 6 amide bonds. The van der Waals surface area contributed by atoms with Crippen LogP contribution in [-0.2, 0) is 76.6 Å². The zero-order valence-electron chi connectivity index (χ0n) is 55.4. The lowest BCUT2D eigenvalue weighted by atomic mass is 10.0. The molecule has 36 heteroatoms. The molecule has 2 fully saturated rings. The summed E-state index contributed by atoms with van der Waals surface area (Å²) in [5.74, 6) is -10.3. The topological polar surface area (TPSA) is 409 Å². The lowest BCUT2D eigenvalue weighted by molar-refractivity contribution is -0.140. The average Bonchev–Trinajstić information content (AvgIpc) is 1.01. The number of nitrogens with zero attached hydrogens (tertiary/aromatic N) is 6. The Morgan fingerprint density at radius 1 is 0.580 bits per heavy atom. The normalized spacial score (nSPS) is 16.8. The highest BCUT2D eigenvalue weighted by atomic mass is 32.3. The maximum Gasteiger partial charge on any atom is 0.328 e. The number of para-hydroxylation sites is 1. The summed E-state index contributed by atoms with van der Waals surface area (Å²) in [7, 11) is -5.21. The summed E-state index contributed by atoms with van der Waals surface area (Å²) in [4.78, 5) is 126. The molecular weight excluding hydrogens is 1350 g/mol. The molecular formula is C64H89F3N12O20S. The summed E-state index contributed by atoms with van der Waals surface area (Å²) >= 11 is 0. The highest BCUT2D eigenvalue weighted by Crippen LogP contribution is 2.34. The predicted octanol–water partition coefficient (Wildman–Crippen LogP) is 1.28. The number of ether oxygens (including phenoxy) is 6. The van der Waals surface area contributed by atoms with Crippen LogP contribution < -0.4 is 26.6 Å². The van der Waals surface area contributed by atoms with E-state index in [1.165, 1.54) is 30.5 Å². The van der Waals surface area contributed by atoms with E-state index in [1.54, 1.807) is 39.0 Å². The van der Waals surface area contributed by atoms with Crippen LogP contribution in [0.4, 0.5) is 18.4 Å². The highest BCUT2D eigenvalue weighted by Gasteiger charge is 2.49. The van der Waals surface area contributed by atoms with Crippen molar-refractivity contribution in [1.29, 1.82) is 4.78 Å².